The fourth-order valence-electron chi connectivity index (χ4n) is 1.86. The molecule has 0 bridgehead atoms. The van der Waals surface area contributed by atoms with Crippen LogP contribution in [0.4, 0.5) is 10.5 Å². The monoisotopic (exact) mass is 232 g/mol. The molecule has 0 aliphatic carbocycles. The van der Waals surface area contributed by atoms with E-state index in [2.05, 4.69) is 19.2 Å². The maximum atomic E-state index is 11.7. The van der Waals surface area contributed by atoms with Gasteiger partial charge in [0, 0.05) is 18.7 Å². The van der Waals surface area contributed by atoms with Gasteiger partial charge in [0.05, 0.1) is 0 Å². The first-order chi connectivity index (χ1) is 8.08. The fourth-order valence-corrected chi connectivity index (χ4v) is 1.86. The number of hydrogen-bond acceptors (Lipinski definition) is 2. The van der Waals surface area contributed by atoms with E-state index in [9.17, 15) is 9.59 Å². The second-order valence-electron chi connectivity index (χ2n) is 4.50. The first-order valence-corrected chi connectivity index (χ1v) is 5.79. The molecule has 4 heteroatoms. The third-order valence-corrected chi connectivity index (χ3v) is 2.90. The van der Waals surface area contributed by atoms with Crippen LogP contribution in [0.2, 0.25) is 0 Å². The molecule has 3 amide bonds. The maximum Gasteiger partial charge on any atom is 0.328 e. The van der Waals surface area contributed by atoms with Crippen LogP contribution in [0.25, 0.3) is 0 Å². The van der Waals surface area contributed by atoms with Crippen molar-refractivity contribution in [3.63, 3.8) is 0 Å². The van der Waals surface area contributed by atoms with Gasteiger partial charge in [-0.1, -0.05) is 26.0 Å². The minimum absolute atomic E-state index is 0.203. The van der Waals surface area contributed by atoms with Gasteiger partial charge in [-0.25, -0.2) is 4.79 Å². The van der Waals surface area contributed by atoms with E-state index in [4.69, 9.17) is 0 Å². The second kappa shape index (κ2) is 4.57. The summed E-state index contributed by atoms with van der Waals surface area (Å²) in [6.45, 7) is 4.67. The zero-order chi connectivity index (χ0) is 12.4. The topological polar surface area (TPSA) is 49.4 Å². The van der Waals surface area contributed by atoms with E-state index < -0.39 is 0 Å². The Bertz CT molecular complexity index is 454. The summed E-state index contributed by atoms with van der Waals surface area (Å²) in [5, 5.41) is 2.32. The zero-order valence-corrected chi connectivity index (χ0v) is 10.1. The van der Waals surface area contributed by atoms with Gasteiger partial charge in [-0.3, -0.25) is 15.0 Å². The summed E-state index contributed by atoms with van der Waals surface area (Å²) >= 11 is 0. The van der Waals surface area contributed by atoms with Gasteiger partial charge in [-0.05, 0) is 23.6 Å². The van der Waals surface area contributed by atoms with Gasteiger partial charge in [0.25, 0.3) is 0 Å². The van der Waals surface area contributed by atoms with E-state index in [0.29, 0.717) is 18.9 Å². The molecule has 1 heterocycles. The summed E-state index contributed by atoms with van der Waals surface area (Å²) in [5.74, 6) is 0.218. The molecule has 0 unspecified atom stereocenters. The first kappa shape index (κ1) is 11.6. The van der Waals surface area contributed by atoms with Crippen LogP contribution in [-0.2, 0) is 4.79 Å². The number of hydrogen-bond donors (Lipinski definition) is 1. The molecule has 0 atom stereocenters. The molecule has 2 rings (SSSR count). The van der Waals surface area contributed by atoms with E-state index in [-0.39, 0.29) is 11.9 Å². The van der Waals surface area contributed by atoms with E-state index in [1.54, 1.807) is 4.90 Å². The van der Waals surface area contributed by atoms with E-state index >= 15 is 0 Å². The summed E-state index contributed by atoms with van der Waals surface area (Å²) < 4.78 is 0. The number of amides is 3. The Balaban J connectivity index is 2.25. The molecule has 17 heavy (non-hydrogen) atoms. The number of imide groups is 1. The largest absolute Gasteiger partial charge is 0.328 e. The molecule has 4 nitrogen and oxygen atoms in total. The van der Waals surface area contributed by atoms with Crippen molar-refractivity contribution in [2.45, 2.75) is 26.2 Å². The Hall–Kier alpha value is -1.84. The van der Waals surface area contributed by atoms with E-state index in [1.165, 1.54) is 5.56 Å². The minimum atomic E-state index is -0.331. The predicted octanol–water partition coefficient (Wildman–Crippen LogP) is 2.26. The normalized spacial score (nSPS) is 16.3. The number of carbonyl (C=O) groups excluding carboxylic acids is 2. The number of nitrogens with zero attached hydrogens (tertiary/aromatic N) is 1. The Kier molecular flexibility index (Phi) is 3.13. The van der Waals surface area contributed by atoms with Crippen molar-refractivity contribution in [1.82, 2.24) is 5.32 Å². The summed E-state index contributed by atoms with van der Waals surface area (Å²) in [7, 11) is 0. The average Bonchev–Trinajstić information content (AvgIpc) is 2.29. The summed E-state index contributed by atoms with van der Waals surface area (Å²) in [6.07, 6.45) is 0.359. The standard InChI is InChI=1S/C13H16N2O2/c1-9(2)10-4-3-5-11(8-10)15-7-6-12(16)14-13(15)17/h3-5,8-9H,6-7H2,1-2H3,(H,14,16,17). The predicted molar refractivity (Wildman–Crippen MR) is 66.0 cm³/mol. The number of urea groups is 1. The van der Waals surface area contributed by atoms with Crippen molar-refractivity contribution >= 4 is 17.6 Å². The van der Waals surface area contributed by atoms with Gasteiger partial charge in [0.1, 0.15) is 0 Å². The number of benzene rings is 1. The zero-order valence-electron chi connectivity index (χ0n) is 10.1. The van der Waals surface area contributed by atoms with Gasteiger partial charge < -0.3 is 0 Å². The van der Waals surface area contributed by atoms with Crippen LogP contribution in [0.3, 0.4) is 0 Å². The SMILES string of the molecule is CC(C)c1cccc(N2CCC(=O)NC2=O)c1. The lowest BCUT2D eigenvalue weighted by Crippen LogP contribution is -2.49. The van der Waals surface area contributed by atoms with Crippen molar-refractivity contribution < 1.29 is 9.59 Å². The molecule has 90 valence electrons. The number of anilines is 1. The average molecular weight is 232 g/mol. The lowest BCUT2D eigenvalue weighted by molar-refractivity contribution is -0.120. The molecule has 1 aromatic carbocycles. The first-order valence-electron chi connectivity index (χ1n) is 5.79. The molecule has 0 saturated carbocycles. The Labute approximate surface area is 101 Å². The molecule has 0 radical (unpaired) electrons. The van der Waals surface area contributed by atoms with Crippen molar-refractivity contribution in [3.05, 3.63) is 29.8 Å². The molecular weight excluding hydrogens is 216 g/mol. The van der Waals surface area contributed by atoms with Gasteiger partial charge in [0.2, 0.25) is 5.91 Å². The van der Waals surface area contributed by atoms with E-state index in [0.717, 1.165) is 5.69 Å². The lowest BCUT2D eigenvalue weighted by atomic mass is 10.0. The van der Waals surface area contributed by atoms with Crippen molar-refractivity contribution in [1.29, 1.82) is 0 Å². The van der Waals surface area contributed by atoms with Gasteiger partial charge in [-0.15, -0.1) is 0 Å². The highest BCUT2D eigenvalue weighted by molar-refractivity contribution is 6.05. The van der Waals surface area contributed by atoms with Crippen molar-refractivity contribution in [2.24, 2.45) is 0 Å². The molecule has 1 fully saturated rings. The van der Waals surface area contributed by atoms with Crippen LogP contribution in [0.15, 0.2) is 24.3 Å². The number of carbonyl (C=O) groups is 2. The lowest BCUT2D eigenvalue weighted by Gasteiger charge is -2.27. The van der Waals surface area contributed by atoms with Crippen LogP contribution in [-0.4, -0.2) is 18.5 Å². The van der Waals surface area contributed by atoms with Crippen molar-refractivity contribution in [3.8, 4) is 0 Å². The molecule has 1 aliphatic rings. The maximum absolute atomic E-state index is 11.7. The molecule has 0 spiro atoms. The molecule has 1 aromatic rings. The smallest absolute Gasteiger partial charge is 0.294 e. The third-order valence-electron chi connectivity index (χ3n) is 2.90. The summed E-state index contributed by atoms with van der Waals surface area (Å²) in [5.41, 5.74) is 2.04. The number of nitrogens with one attached hydrogen (secondary N) is 1. The van der Waals surface area contributed by atoms with Gasteiger partial charge >= 0.3 is 6.03 Å². The number of rotatable bonds is 2. The van der Waals surface area contributed by atoms with Crippen molar-refractivity contribution in [2.75, 3.05) is 11.4 Å². The molecule has 1 aliphatic heterocycles. The highest BCUT2D eigenvalue weighted by atomic mass is 16.2. The van der Waals surface area contributed by atoms with Crippen LogP contribution in [0.5, 0.6) is 0 Å². The highest BCUT2D eigenvalue weighted by Crippen LogP contribution is 2.22. The Morgan fingerprint density at radius 3 is 2.71 bits per heavy atom. The summed E-state index contributed by atoms with van der Waals surface area (Å²) in [4.78, 5) is 24.4. The minimum Gasteiger partial charge on any atom is -0.294 e. The molecule has 0 aromatic heterocycles. The molecule has 1 N–H and O–H groups in total. The highest BCUT2D eigenvalue weighted by Gasteiger charge is 2.24. The van der Waals surface area contributed by atoms with Crippen LogP contribution in [0, 0.1) is 0 Å². The Morgan fingerprint density at radius 1 is 1.29 bits per heavy atom. The fraction of sp³-hybridized carbons (Fsp3) is 0.385. The molecular formula is C13H16N2O2. The van der Waals surface area contributed by atoms with Crippen LogP contribution in [0.1, 0.15) is 31.7 Å². The second-order valence-corrected chi connectivity index (χ2v) is 4.50. The van der Waals surface area contributed by atoms with Gasteiger partial charge in [-0.2, -0.15) is 0 Å². The van der Waals surface area contributed by atoms with E-state index in [1.807, 2.05) is 24.3 Å². The summed E-state index contributed by atoms with van der Waals surface area (Å²) in [6, 6.07) is 7.54. The quantitative estimate of drug-likeness (QED) is 0.850. The third kappa shape index (κ3) is 2.46. The Morgan fingerprint density at radius 2 is 2.06 bits per heavy atom. The molecule has 1 saturated heterocycles. The van der Waals surface area contributed by atoms with Crippen LogP contribution >= 0.6 is 0 Å². The van der Waals surface area contributed by atoms with Crippen LogP contribution < -0.4 is 10.2 Å². The van der Waals surface area contributed by atoms with Gasteiger partial charge in [0.15, 0.2) is 0 Å².